The SMILES string of the molecule is C[S+](C)OC(F)F. The number of halogens is 2. The summed E-state index contributed by atoms with van der Waals surface area (Å²) in [6.07, 6.45) is 3.18. The largest absolute Gasteiger partial charge is 0.389 e. The predicted molar refractivity (Wildman–Crippen MR) is 26.3 cm³/mol. The van der Waals surface area contributed by atoms with Gasteiger partial charge in [0.1, 0.15) is 23.7 Å². The Balaban J connectivity index is 2.95. The highest BCUT2D eigenvalue weighted by Gasteiger charge is 2.12. The molecule has 0 spiro atoms. The smallest absolute Gasteiger partial charge is 0.174 e. The van der Waals surface area contributed by atoms with Crippen molar-refractivity contribution in [2.45, 2.75) is 6.61 Å². The molecule has 0 aromatic carbocycles. The van der Waals surface area contributed by atoms with E-state index >= 15 is 0 Å². The average molecular weight is 129 g/mol. The van der Waals surface area contributed by atoms with E-state index in [1.165, 1.54) is 0 Å². The third-order valence-corrected chi connectivity index (χ3v) is 0.796. The van der Waals surface area contributed by atoms with Crippen LogP contribution in [-0.2, 0) is 15.4 Å². The molecule has 0 aliphatic heterocycles. The van der Waals surface area contributed by atoms with Gasteiger partial charge < -0.3 is 0 Å². The van der Waals surface area contributed by atoms with Gasteiger partial charge in [-0.1, -0.05) is 0 Å². The highest BCUT2D eigenvalue weighted by Crippen LogP contribution is 1.98. The minimum atomic E-state index is -2.61. The van der Waals surface area contributed by atoms with Crippen LogP contribution < -0.4 is 0 Å². The normalized spacial score (nSPS) is 11.1. The van der Waals surface area contributed by atoms with Crippen LogP contribution in [0.5, 0.6) is 0 Å². The van der Waals surface area contributed by atoms with Gasteiger partial charge in [0.05, 0.1) is 0 Å². The summed E-state index contributed by atoms with van der Waals surface area (Å²) in [6, 6.07) is 0. The van der Waals surface area contributed by atoms with Crippen molar-refractivity contribution in [3.05, 3.63) is 0 Å². The summed E-state index contributed by atoms with van der Waals surface area (Å²) in [7, 11) is 0. The quantitative estimate of drug-likeness (QED) is 0.506. The zero-order valence-electron chi connectivity index (χ0n) is 4.15. The van der Waals surface area contributed by atoms with Gasteiger partial charge in [0, 0.05) is 0 Å². The second kappa shape index (κ2) is 3.21. The highest BCUT2D eigenvalue weighted by atomic mass is 32.2. The summed E-state index contributed by atoms with van der Waals surface area (Å²) in [5.74, 6) is 0. The van der Waals surface area contributed by atoms with Crippen LogP contribution in [0.4, 0.5) is 8.78 Å². The Morgan fingerprint density at radius 3 is 1.86 bits per heavy atom. The van der Waals surface area contributed by atoms with Gasteiger partial charge in [-0.2, -0.15) is 8.78 Å². The summed E-state index contributed by atoms with van der Waals surface area (Å²) < 4.78 is 26.1. The lowest BCUT2D eigenvalue weighted by Gasteiger charge is -1.91. The van der Waals surface area contributed by atoms with Gasteiger partial charge in [-0.25, -0.2) is 0 Å². The molecule has 0 saturated heterocycles. The lowest BCUT2D eigenvalue weighted by atomic mass is 11.5. The van der Waals surface area contributed by atoms with E-state index in [9.17, 15) is 8.78 Å². The molecule has 0 atom stereocenters. The van der Waals surface area contributed by atoms with E-state index in [0.29, 0.717) is 0 Å². The van der Waals surface area contributed by atoms with E-state index in [0.717, 1.165) is 0 Å². The van der Waals surface area contributed by atoms with E-state index in [-0.39, 0.29) is 0 Å². The van der Waals surface area contributed by atoms with Crippen molar-refractivity contribution < 1.29 is 13.0 Å². The van der Waals surface area contributed by atoms with Crippen molar-refractivity contribution in [1.82, 2.24) is 0 Å². The molecular weight excluding hydrogens is 122 g/mol. The van der Waals surface area contributed by atoms with Crippen molar-refractivity contribution in [3.63, 3.8) is 0 Å². The van der Waals surface area contributed by atoms with Gasteiger partial charge >= 0.3 is 6.61 Å². The van der Waals surface area contributed by atoms with E-state index < -0.39 is 17.8 Å². The van der Waals surface area contributed by atoms with Crippen LogP contribution in [0.3, 0.4) is 0 Å². The van der Waals surface area contributed by atoms with Crippen LogP contribution in [0.15, 0.2) is 0 Å². The monoisotopic (exact) mass is 129 g/mol. The topological polar surface area (TPSA) is 9.23 Å². The molecule has 0 unspecified atom stereocenters. The Morgan fingerprint density at radius 2 is 1.86 bits per heavy atom. The molecule has 0 aliphatic carbocycles. The van der Waals surface area contributed by atoms with Gasteiger partial charge in [0.15, 0.2) is 0 Å². The standard InChI is InChI=1S/C3H7F2OS/c1-7(2)6-3(4)5/h3H,1-2H3/q+1. The maximum Gasteiger partial charge on any atom is 0.389 e. The first-order valence-corrected chi connectivity index (χ1v) is 3.62. The molecule has 0 heterocycles. The van der Waals surface area contributed by atoms with Gasteiger partial charge in [-0.15, -0.1) is 4.18 Å². The van der Waals surface area contributed by atoms with Crippen molar-refractivity contribution in [1.29, 1.82) is 0 Å². The fourth-order valence-corrected chi connectivity index (χ4v) is 0.436. The molecule has 0 rings (SSSR count). The maximum absolute atomic E-state index is 11.1. The molecular formula is C3H7F2OS+. The minimum absolute atomic E-state index is 0.596. The first-order chi connectivity index (χ1) is 3.13. The van der Waals surface area contributed by atoms with E-state index in [4.69, 9.17) is 0 Å². The first kappa shape index (κ1) is 7.17. The lowest BCUT2D eigenvalue weighted by molar-refractivity contribution is -0.0375. The summed E-state index contributed by atoms with van der Waals surface area (Å²) in [5, 5.41) is 0. The van der Waals surface area contributed by atoms with E-state index in [2.05, 4.69) is 4.18 Å². The summed E-state index contributed by atoms with van der Waals surface area (Å²) >= 11 is -0.596. The molecule has 0 fully saturated rings. The number of hydrogen-bond donors (Lipinski definition) is 0. The molecule has 0 amide bonds. The van der Waals surface area contributed by atoms with Crippen LogP contribution in [0.25, 0.3) is 0 Å². The Bertz CT molecular complexity index is 42.2. The highest BCUT2D eigenvalue weighted by molar-refractivity contribution is 7.90. The Kier molecular flexibility index (Phi) is 3.29. The molecule has 44 valence electrons. The number of rotatable bonds is 2. The average Bonchev–Trinajstić information content (AvgIpc) is 1.27. The minimum Gasteiger partial charge on any atom is -0.174 e. The van der Waals surface area contributed by atoms with Crippen LogP contribution in [0.1, 0.15) is 0 Å². The summed E-state index contributed by atoms with van der Waals surface area (Å²) in [4.78, 5) is 0. The predicted octanol–water partition coefficient (Wildman–Crippen LogP) is 1.02. The second-order valence-corrected chi connectivity index (χ2v) is 2.77. The van der Waals surface area contributed by atoms with Crippen LogP contribution in [0, 0.1) is 0 Å². The summed E-state index contributed by atoms with van der Waals surface area (Å²) in [6.45, 7) is -2.61. The van der Waals surface area contributed by atoms with Crippen molar-refractivity contribution >= 4 is 11.2 Å². The molecule has 0 N–H and O–H groups in total. The van der Waals surface area contributed by atoms with E-state index in [1.54, 1.807) is 12.5 Å². The Hall–Kier alpha value is 0.170. The molecule has 0 aromatic heterocycles. The number of alkyl halides is 2. The van der Waals surface area contributed by atoms with Crippen LogP contribution >= 0.6 is 0 Å². The van der Waals surface area contributed by atoms with Gasteiger partial charge in [-0.05, 0) is 0 Å². The number of hydrogen-bond acceptors (Lipinski definition) is 1. The van der Waals surface area contributed by atoms with Crippen molar-refractivity contribution in [3.8, 4) is 0 Å². The first-order valence-electron chi connectivity index (χ1n) is 1.66. The molecule has 7 heavy (non-hydrogen) atoms. The molecule has 0 bridgehead atoms. The van der Waals surface area contributed by atoms with Crippen molar-refractivity contribution in [2.24, 2.45) is 0 Å². The molecule has 0 radical (unpaired) electrons. The molecule has 0 aromatic rings. The summed E-state index contributed by atoms with van der Waals surface area (Å²) in [5.41, 5.74) is 0. The zero-order chi connectivity index (χ0) is 5.86. The molecule has 0 aliphatic rings. The van der Waals surface area contributed by atoms with Gasteiger partial charge in [0.2, 0.25) is 0 Å². The third-order valence-electron chi connectivity index (χ3n) is 0.265. The van der Waals surface area contributed by atoms with Crippen molar-refractivity contribution in [2.75, 3.05) is 12.5 Å². The second-order valence-electron chi connectivity index (χ2n) is 1.10. The van der Waals surface area contributed by atoms with Crippen LogP contribution in [-0.4, -0.2) is 19.1 Å². The molecule has 4 heteroatoms. The Labute approximate surface area is 44.2 Å². The van der Waals surface area contributed by atoms with Crippen LogP contribution in [0.2, 0.25) is 0 Å². The Morgan fingerprint density at radius 1 is 1.43 bits per heavy atom. The lowest BCUT2D eigenvalue weighted by Crippen LogP contribution is -2.05. The third kappa shape index (κ3) is 6.17. The van der Waals surface area contributed by atoms with E-state index in [1.807, 2.05) is 0 Å². The molecule has 1 nitrogen and oxygen atoms in total. The van der Waals surface area contributed by atoms with Gasteiger partial charge in [0.25, 0.3) is 0 Å². The molecule has 0 saturated carbocycles. The fraction of sp³-hybridized carbons (Fsp3) is 1.00. The zero-order valence-corrected chi connectivity index (χ0v) is 4.97. The fourth-order valence-electron chi connectivity index (χ4n) is 0.145. The maximum atomic E-state index is 11.1. The van der Waals surface area contributed by atoms with Gasteiger partial charge in [-0.3, -0.25) is 0 Å².